The fraction of sp³-hybridized carbons (Fsp3) is 0.727. The fourth-order valence-corrected chi connectivity index (χ4v) is 2.42. The predicted octanol–water partition coefficient (Wildman–Crippen LogP) is 1.31. The van der Waals surface area contributed by atoms with Gasteiger partial charge in [-0.2, -0.15) is 0 Å². The van der Waals surface area contributed by atoms with E-state index in [2.05, 4.69) is 11.4 Å². The van der Waals surface area contributed by atoms with Crippen LogP contribution in [0.5, 0.6) is 0 Å². The minimum atomic E-state index is -0.00361. The lowest BCUT2D eigenvalue weighted by atomic mass is 10.1. The van der Waals surface area contributed by atoms with Gasteiger partial charge >= 0.3 is 5.97 Å². The van der Waals surface area contributed by atoms with Crippen molar-refractivity contribution in [3.8, 4) is 0 Å². The second-order valence-electron chi connectivity index (χ2n) is 4.00. The Morgan fingerprint density at radius 2 is 2.50 bits per heavy atom. The molecule has 3 nitrogen and oxygen atoms in total. The third-order valence-electron chi connectivity index (χ3n) is 3.25. The first-order valence-electron chi connectivity index (χ1n) is 5.33. The van der Waals surface area contributed by atoms with Gasteiger partial charge in [0.25, 0.3) is 0 Å². The number of carbonyl (C=O) groups excluding carboxylic acids is 1. The number of nitrogens with one attached hydrogen (secondary N) is 1. The molecule has 78 valence electrons. The highest BCUT2D eigenvalue weighted by molar-refractivity contribution is 5.77. The molecular formula is C11H17NO2. The normalized spacial score (nSPS) is 34.1. The molecule has 0 aromatic heterocycles. The van der Waals surface area contributed by atoms with Crippen molar-refractivity contribution in [1.82, 2.24) is 5.32 Å². The molecule has 3 heteroatoms. The fourth-order valence-electron chi connectivity index (χ4n) is 2.42. The Morgan fingerprint density at radius 3 is 3.14 bits per heavy atom. The molecule has 2 rings (SSSR count). The van der Waals surface area contributed by atoms with Crippen molar-refractivity contribution in [2.75, 3.05) is 13.7 Å². The SMILES string of the molecule is CCOC(=O)C1[C@@H]2C=C(NC)CC[C@@H]12. The monoisotopic (exact) mass is 195 g/mol. The van der Waals surface area contributed by atoms with Crippen LogP contribution < -0.4 is 5.32 Å². The third-order valence-corrected chi connectivity index (χ3v) is 3.25. The zero-order chi connectivity index (χ0) is 10.1. The van der Waals surface area contributed by atoms with Crippen LogP contribution in [0.3, 0.4) is 0 Å². The highest BCUT2D eigenvalue weighted by Crippen LogP contribution is 2.54. The topological polar surface area (TPSA) is 38.3 Å². The molecule has 1 unspecified atom stereocenters. The van der Waals surface area contributed by atoms with Gasteiger partial charge in [-0.3, -0.25) is 4.79 Å². The highest BCUT2D eigenvalue weighted by Gasteiger charge is 2.55. The van der Waals surface area contributed by atoms with E-state index < -0.39 is 0 Å². The number of carbonyl (C=O) groups is 1. The van der Waals surface area contributed by atoms with Crippen LogP contribution >= 0.6 is 0 Å². The summed E-state index contributed by atoms with van der Waals surface area (Å²) < 4.78 is 5.04. The smallest absolute Gasteiger partial charge is 0.309 e. The highest BCUT2D eigenvalue weighted by atomic mass is 16.5. The molecule has 2 aliphatic rings. The number of rotatable bonds is 3. The molecule has 0 spiro atoms. The molecule has 14 heavy (non-hydrogen) atoms. The Morgan fingerprint density at radius 1 is 1.71 bits per heavy atom. The van der Waals surface area contributed by atoms with Crippen LogP contribution in [-0.2, 0) is 9.53 Å². The van der Waals surface area contributed by atoms with Gasteiger partial charge in [0.1, 0.15) is 0 Å². The number of hydrogen-bond donors (Lipinski definition) is 1. The summed E-state index contributed by atoms with van der Waals surface area (Å²) in [5.41, 5.74) is 1.28. The maximum absolute atomic E-state index is 11.5. The van der Waals surface area contributed by atoms with E-state index >= 15 is 0 Å². The van der Waals surface area contributed by atoms with Crippen LogP contribution in [0.25, 0.3) is 0 Å². The summed E-state index contributed by atoms with van der Waals surface area (Å²) in [5, 5.41) is 3.16. The van der Waals surface area contributed by atoms with Crippen LogP contribution in [0.15, 0.2) is 11.8 Å². The summed E-state index contributed by atoms with van der Waals surface area (Å²) in [5.74, 6) is 1.16. The molecule has 0 saturated heterocycles. The average Bonchev–Trinajstić information content (AvgIpc) is 2.90. The molecule has 1 N–H and O–H groups in total. The summed E-state index contributed by atoms with van der Waals surface area (Å²) in [6, 6.07) is 0. The van der Waals surface area contributed by atoms with Crippen molar-refractivity contribution in [2.24, 2.45) is 17.8 Å². The molecule has 0 amide bonds. The maximum atomic E-state index is 11.5. The second-order valence-corrected chi connectivity index (χ2v) is 4.00. The van der Waals surface area contributed by atoms with E-state index in [-0.39, 0.29) is 11.9 Å². The summed E-state index contributed by atoms with van der Waals surface area (Å²) >= 11 is 0. The average molecular weight is 195 g/mol. The van der Waals surface area contributed by atoms with Gasteiger partial charge in [0, 0.05) is 12.7 Å². The Balaban J connectivity index is 1.96. The summed E-state index contributed by atoms with van der Waals surface area (Å²) in [6.07, 6.45) is 4.41. The number of allylic oxidation sites excluding steroid dienone is 2. The van der Waals surface area contributed by atoms with Gasteiger partial charge in [-0.05, 0) is 31.6 Å². The standard InChI is InChI=1S/C11H17NO2/c1-3-14-11(13)10-8-5-4-7(12-2)6-9(8)10/h6,8-10,12H,3-5H2,1-2H3/t8-,9-,10?/m1/s1. The van der Waals surface area contributed by atoms with Crippen molar-refractivity contribution >= 4 is 5.97 Å². The molecule has 0 radical (unpaired) electrons. The van der Waals surface area contributed by atoms with E-state index in [4.69, 9.17) is 4.74 Å². The van der Waals surface area contributed by atoms with Crippen LogP contribution in [0.1, 0.15) is 19.8 Å². The van der Waals surface area contributed by atoms with E-state index in [9.17, 15) is 4.79 Å². The van der Waals surface area contributed by atoms with Gasteiger partial charge in [0.15, 0.2) is 0 Å². The molecule has 0 bridgehead atoms. The first-order valence-corrected chi connectivity index (χ1v) is 5.33. The lowest BCUT2D eigenvalue weighted by molar-refractivity contribution is -0.145. The van der Waals surface area contributed by atoms with Crippen LogP contribution in [0, 0.1) is 17.8 Å². The first kappa shape index (κ1) is 9.56. The Labute approximate surface area is 84.5 Å². The van der Waals surface area contributed by atoms with E-state index in [0.717, 1.165) is 12.8 Å². The first-order chi connectivity index (χ1) is 6.77. The van der Waals surface area contributed by atoms with Gasteiger partial charge in [-0.15, -0.1) is 0 Å². The van der Waals surface area contributed by atoms with E-state index in [1.54, 1.807) is 0 Å². The van der Waals surface area contributed by atoms with E-state index in [1.165, 1.54) is 5.70 Å². The van der Waals surface area contributed by atoms with Crippen molar-refractivity contribution in [1.29, 1.82) is 0 Å². The number of ether oxygens (including phenoxy) is 1. The minimum Gasteiger partial charge on any atom is -0.466 e. The van der Waals surface area contributed by atoms with Gasteiger partial charge < -0.3 is 10.1 Å². The Kier molecular flexibility index (Phi) is 2.48. The Bertz CT molecular complexity index is 272. The zero-order valence-corrected chi connectivity index (χ0v) is 8.75. The second kappa shape index (κ2) is 3.64. The lowest BCUT2D eigenvalue weighted by Gasteiger charge is -2.09. The van der Waals surface area contributed by atoms with Crippen molar-refractivity contribution in [3.05, 3.63) is 11.8 Å². The number of hydrogen-bond acceptors (Lipinski definition) is 3. The maximum Gasteiger partial charge on any atom is 0.309 e. The quantitative estimate of drug-likeness (QED) is 0.690. The lowest BCUT2D eigenvalue weighted by Crippen LogP contribution is -2.09. The predicted molar refractivity (Wildman–Crippen MR) is 53.5 cm³/mol. The minimum absolute atomic E-state index is 0.00361. The third kappa shape index (κ3) is 1.51. The Hall–Kier alpha value is -0.990. The van der Waals surface area contributed by atoms with Gasteiger partial charge in [0.05, 0.1) is 12.5 Å². The molecule has 0 aromatic rings. The molecule has 0 aromatic carbocycles. The number of fused-ring (bicyclic) bond motifs is 1. The van der Waals surface area contributed by atoms with Crippen molar-refractivity contribution in [2.45, 2.75) is 19.8 Å². The molecule has 2 aliphatic carbocycles. The van der Waals surface area contributed by atoms with Gasteiger partial charge in [0.2, 0.25) is 0 Å². The van der Waals surface area contributed by atoms with Crippen LogP contribution in [-0.4, -0.2) is 19.6 Å². The van der Waals surface area contributed by atoms with Crippen LogP contribution in [0.4, 0.5) is 0 Å². The molecule has 3 atom stereocenters. The van der Waals surface area contributed by atoms with Crippen molar-refractivity contribution in [3.63, 3.8) is 0 Å². The summed E-state index contributed by atoms with van der Waals surface area (Å²) in [4.78, 5) is 11.5. The number of esters is 1. The van der Waals surface area contributed by atoms with Crippen LogP contribution in [0.2, 0.25) is 0 Å². The van der Waals surface area contributed by atoms with E-state index in [1.807, 2.05) is 14.0 Å². The van der Waals surface area contributed by atoms with Crippen molar-refractivity contribution < 1.29 is 9.53 Å². The van der Waals surface area contributed by atoms with Gasteiger partial charge in [-0.1, -0.05) is 6.08 Å². The largest absolute Gasteiger partial charge is 0.466 e. The van der Waals surface area contributed by atoms with Gasteiger partial charge in [-0.25, -0.2) is 0 Å². The zero-order valence-electron chi connectivity index (χ0n) is 8.75. The molecule has 0 aliphatic heterocycles. The molecular weight excluding hydrogens is 178 g/mol. The summed E-state index contributed by atoms with van der Waals surface area (Å²) in [7, 11) is 1.94. The molecule has 1 fully saturated rings. The molecule has 1 saturated carbocycles. The molecule has 0 heterocycles. The summed E-state index contributed by atoms with van der Waals surface area (Å²) in [6.45, 7) is 2.36. The van der Waals surface area contributed by atoms with E-state index in [0.29, 0.717) is 18.4 Å².